The van der Waals surface area contributed by atoms with Gasteiger partial charge < -0.3 is 10.2 Å². The zero-order valence-corrected chi connectivity index (χ0v) is 7.39. The third kappa shape index (κ3) is 11.0. The Kier molecular flexibility index (Phi) is 6.43. The third-order valence-electron chi connectivity index (χ3n) is 0.276. The molecule has 0 amide bonds. The van der Waals surface area contributed by atoms with Gasteiger partial charge in [0.05, 0.1) is 0 Å². The maximum Gasteiger partial charge on any atom is 0.382 e. The summed E-state index contributed by atoms with van der Waals surface area (Å²) >= 11 is 0. The van der Waals surface area contributed by atoms with Crippen molar-refractivity contribution in [2.24, 2.45) is 0 Å². The molecule has 0 saturated carbocycles. The van der Waals surface area contributed by atoms with Crippen LogP contribution in [0.4, 0.5) is 0 Å². The molecule has 0 saturated heterocycles. The molecule has 5 heteroatoms. The van der Waals surface area contributed by atoms with E-state index in [4.69, 9.17) is 10.2 Å². The Labute approximate surface area is 63.6 Å². The molecule has 4 nitrogen and oxygen atoms in total. The molecule has 0 aliphatic rings. The van der Waals surface area contributed by atoms with E-state index in [-0.39, 0.29) is 19.5 Å². The van der Waals surface area contributed by atoms with Crippen LogP contribution < -0.4 is 0 Å². The number of carboxylic acids is 2. The van der Waals surface area contributed by atoms with E-state index in [0.29, 0.717) is 0 Å². The summed E-state index contributed by atoms with van der Waals surface area (Å²) in [4.78, 5) is 18.9. The number of carboxylic acid groups (broad SMARTS) is 2. The number of hydrogen-bond acceptors (Lipinski definition) is 2. The molecule has 0 heterocycles. The summed E-state index contributed by atoms with van der Waals surface area (Å²) in [5, 5.41) is 15.5. The maximum absolute atomic E-state index is 9.47. The van der Waals surface area contributed by atoms with E-state index in [2.05, 4.69) is 0 Å². The van der Waals surface area contributed by atoms with Gasteiger partial charge in [0.25, 0.3) is 0 Å². The first-order valence-electron chi connectivity index (χ1n) is 1.61. The zero-order chi connectivity index (χ0) is 6.57. The number of hydrogen-bond donors (Lipinski definition) is 2. The molecule has 2 N–H and O–H groups in total. The molecule has 0 radical (unpaired) electrons. The summed E-state index contributed by atoms with van der Waals surface area (Å²) in [7, 11) is 0. The van der Waals surface area contributed by atoms with Crippen LogP contribution in [0.3, 0.4) is 0 Å². The Morgan fingerprint density at radius 3 is 1.33 bits per heavy atom. The van der Waals surface area contributed by atoms with Gasteiger partial charge in [0.15, 0.2) is 0 Å². The van der Waals surface area contributed by atoms with E-state index in [0.717, 1.165) is 0 Å². The van der Waals surface area contributed by atoms with Crippen LogP contribution in [-0.2, 0) is 29.1 Å². The monoisotopic (exact) mass is 178 g/mol. The van der Waals surface area contributed by atoms with Crippen LogP contribution in [0, 0.1) is 11.8 Å². The van der Waals surface area contributed by atoms with E-state index in [1.807, 2.05) is 0 Å². The van der Waals surface area contributed by atoms with Crippen LogP contribution in [-0.4, -0.2) is 22.2 Å². The minimum absolute atomic E-state index is 0. The molecular weight excluding hydrogens is 177 g/mol. The molecule has 0 fully saturated rings. The second kappa shape index (κ2) is 5.26. The topological polar surface area (TPSA) is 74.6 Å². The van der Waals surface area contributed by atoms with Crippen LogP contribution >= 0.6 is 0 Å². The molecule has 44 valence electrons. The van der Waals surface area contributed by atoms with Gasteiger partial charge in [-0.1, -0.05) is 0 Å². The minimum atomic E-state index is -1.44. The first-order chi connectivity index (χ1) is 3.63. The Balaban J connectivity index is 0. The predicted molar refractivity (Wildman–Crippen MR) is 23.0 cm³/mol. The molecule has 0 spiro atoms. The largest absolute Gasteiger partial charge is 0.472 e. The van der Waals surface area contributed by atoms with E-state index in [9.17, 15) is 9.59 Å². The SMILES string of the molecule is O=C(O)C#CC(=O)O.[Zn]. The second-order valence-corrected chi connectivity index (χ2v) is 0.860. The molecule has 0 atom stereocenters. The van der Waals surface area contributed by atoms with Crippen LogP contribution in [0.5, 0.6) is 0 Å². The van der Waals surface area contributed by atoms with Crippen LogP contribution in [0.25, 0.3) is 0 Å². The molecule has 0 aliphatic carbocycles. The molecule has 0 aromatic rings. The zero-order valence-electron chi connectivity index (χ0n) is 4.42. The summed E-state index contributed by atoms with van der Waals surface area (Å²) in [5.74, 6) is -0.0511. The van der Waals surface area contributed by atoms with Crippen molar-refractivity contribution in [1.82, 2.24) is 0 Å². The van der Waals surface area contributed by atoms with Crippen molar-refractivity contribution < 1.29 is 39.3 Å². The van der Waals surface area contributed by atoms with Crippen LogP contribution in [0.1, 0.15) is 0 Å². The number of aliphatic carboxylic acids is 2. The van der Waals surface area contributed by atoms with Crippen molar-refractivity contribution in [2.75, 3.05) is 0 Å². The van der Waals surface area contributed by atoms with E-state index >= 15 is 0 Å². The molecule has 0 bridgehead atoms. The Bertz CT molecular complexity index is 157. The van der Waals surface area contributed by atoms with Crippen molar-refractivity contribution in [2.45, 2.75) is 0 Å². The predicted octanol–water partition coefficient (Wildman–Crippen LogP) is -0.843. The van der Waals surface area contributed by atoms with E-state index < -0.39 is 11.9 Å². The second-order valence-electron chi connectivity index (χ2n) is 0.860. The van der Waals surface area contributed by atoms with Gasteiger partial charge in [0, 0.05) is 31.3 Å². The molecule has 0 unspecified atom stereocenters. The Hall–Kier alpha value is -0.877. The van der Waals surface area contributed by atoms with Gasteiger partial charge in [-0.2, -0.15) is 0 Å². The molecule has 9 heavy (non-hydrogen) atoms. The molecule has 0 aliphatic heterocycles. The van der Waals surface area contributed by atoms with Gasteiger partial charge in [-0.15, -0.1) is 0 Å². The van der Waals surface area contributed by atoms with E-state index in [1.54, 1.807) is 0 Å². The Morgan fingerprint density at radius 1 is 1.00 bits per heavy atom. The van der Waals surface area contributed by atoms with Gasteiger partial charge in [-0.25, -0.2) is 9.59 Å². The summed E-state index contributed by atoms with van der Waals surface area (Å²) in [6, 6.07) is 0. The average Bonchev–Trinajstić information content (AvgIpc) is 1.61. The maximum atomic E-state index is 9.47. The van der Waals surface area contributed by atoms with E-state index in [1.165, 1.54) is 11.8 Å². The fourth-order valence-corrected chi connectivity index (χ4v) is 0.107. The van der Waals surface area contributed by atoms with Crippen molar-refractivity contribution in [3.8, 4) is 11.8 Å². The number of rotatable bonds is 0. The van der Waals surface area contributed by atoms with Gasteiger partial charge in [-0.3, -0.25) is 0 Å². The third-order valence-corrected chi connectivity index (χ3v) is 0.276. The van der Waals surface area contributed by atoms with Crippen molar-refractivity contribution in [3.05, 3.63) is 0 Å². The van der Waals surface area contributed by atoms with Gasteiger partial charge in [-0.05, 0) is 0 Å². The normalized spacial score (nSPS) is 5.78. The van der Waals surface area contributed by atoms with Gasteiger partial charge >= 0.3 is 11.9 Å². The quantitative estimate of drug-likeness (QED) is 0.375. The van der Waals surface area contributed by atoms with Crippen molar-refractivity contribution in [3.63, 3.8) is 0 Å². The van der Waals surface area contributed by atoms with Gasteiger partial charge in [0.1, 0.15) is 0 Å². The first kappa shape index (κ1) is 11.0. The minimum Gasteiger partial charge on any atom is -0.472 e. The summed E-state index contributed by atoms with van der Waals surface area (Å²) in [5.41, 5.74) is 0. The molecule has 0 aromatic carbocycles. The van der Waals surface area contributed by atoms with Crippen molar-refractivity contribution in [1.29, 1.82) is 0 Å². The summed E-state index contributed by atoms with van der Waals surface area (Å²) < 4.78 is 0. The smallest absolute Gasteiger partial charge is 0.382 e. The molecule has 0 rings (SSSR count). The molecular formula is C4H2O4Zn. The van der Waals surface area contributed by atoms with Crippen LogP contribution in [0.2, 0.25) is 0 Å². The average molecular weight is 179 g/mol. The van der Waals surface area contributed by atoms with Crippen LogP contribution in [0.15, 0.2) is 0 Å². The molecule has 0 aromatic heterocycles. The summed E-state index contributed by atoms with van der Waals surface area (Å²) in [6.07, 6.45) is 0. The standard InChI is InChI=1S/C4H2O4.Zn/c5-3(6)1-2-4(7)8;/h(H,5,6)(H,7,8);. The number of carbonyl (C=O) groups is 2. The van der Waals surface area contributed by atoms with Gasteiger partial charge in [0.2, 0.25) is 0 Å². The Morgan fingerprint density at radius 2 is 1.22 bits per heavy atom. The first-order valence-corrected chi connectivity index (χ1v) is 1.61. The van der Waals surface area contributed by atoms with Crippen molar-refractivity contribution >= 4 is 11.9 Å². The summed E-state index contributed by atoms with van der Waals surface area (Å²) in [6.45, 7) is 0. The fraction of sp³-hybridized carbons (Fsp3) is 0. The fourth-order valence-electron chi connectivity index (χ4n) is 0.107.